The molecule has 0 aliphatic heterocycles. The highest BCUT2D eigenvalue weighted by atomic mass is 35.5. The van der Waals surface area contributed by atoms with Gasteiger partial charge in [-0.3, -0.25) is 9.48 Å². The third-order valence-electron chi connectivity index (χ3n) is 5.62. The van der Waals surface area contributed by atoms with Crippen LogP contribution in [0.25, 0.3) is 0 Å². The van der Waals surface area contributed by atoms with Crippen molar-refractivity contribution in [1.29, 1.82) is 0 Å². The Kier molecular flexibility index (Phi) is 7.74. The van der Waals surface area contributed by atoms with Gasteiger partial charge in [0, 0.05) is 18.5 Å². The molecule has 1 aromatic carbocycles. The maximum Gasteiger partial charge on any atom is 0.233 e. The third kappa shape index (κ3) is 6.29. The van der Waals surface area contributed by atoms with E-state index in [0.717, 1.165) is 31.9 Å². The van der Waals surface area contributed by atoms with E-state index < -0.39 is 21.9 Å². The van der Waals surface area contributed by atoms with E-state index in [1.54, 1.807) is 24.4 Å². The van der Waals surface area contributed by atoms with E-state index in [4.69, 9.17) is 16.7 Å². The van der Waals surface area contributed by atoms with E-state index in [9.17, 15) is 18.3 Å². The van der Waals surface area contributed by atoms with Gasteiger partial charge in [0.1, 0.15) is 0 Å². The van der Waals surface area contributed by atoms with Crippen LogP contribution in [0.3, 0.4) is 0 Å². The zero-order chi connectivity index (χ0) is 22.6. The zero-order valence-corrected chi connectivity index (χ0v) is 18.9. The molecular formula is C21H28ClN3O5S. The maximum atomic E-state index is 13.2. The molecule has 0 bridgehead atoms. The van der Waals surface area contributed by atoms with Gasteiger partial charge in [-0.25, -0.2) is 8.42 Å². The minimum absolute atomic E-state index is 0.0409. The average molecular weight is 470 g/mol. The first-order valence-corrected chi connectivity index (χ1v) is 12.6. The standard InChI is InChI=1S/C21H28ClN3O5S/c1-31(29,30)19-7-6-15(11-18(19)22)17(10-14-4-2-3-5-14)21(28)23-20-8-9-25(24-20)12-16(27)13-26/h6-9,11,14,16-17,26-27H,2-5,10,12-13H2,1H3,(H,23,24,28)/t16-,17?/m0/s1. The number of nitrogens with one attached hydrogen (secondary N) is 1. The number of nitrogens with zero attached hydrogens (tertiary/aromatic N) is 2. The highest BCUT2D eigenvalue weighted by Gasteiger charge is 2.28. The summed E-state index contributed by atoms with van der Waals surface area (Å²) in [7, 11) is -3.46. The fraction of sp³-hybridized carbons (Fsp3) is 0.524. The maximum absolute atomic E-state index is 13.2. The first-order chi connectivity index (χ1) is 14.7. The lowest BCUT2D eigenvalue weighted by molar-refractivity contribution is -0.118. The second-order valence-corrected chi connectivity index (χ2v) is 10.5. The smallest absolute Gasteiger partial charge is 0.233 e. The van der Waals surface area contributed by atoms with E-state index in [1.807, 2.05) is 0 Å². The number of anilines is 1. The lowest BCUT2D eigenvalue weighted by Gasteiger charge is -2.21. The van der Waals surface area contributed by atoms with E-state index in [0.29, 0.717) is 23.7 Å². The van der Waals surface area contributed by atoms with Gasteiger partial charge in [-0.1, -0.05) is 43.4 Å². The van der Waals surface area contributed by atoms with Crippen molar-refractivity contribution in [3.8, 4) is 0 Å². The van der Waals surface area contributed by atoms with E-state index in [-0.39, 0.29) is 29.0 Å². The summed E-state index contributed by atoms with van der Waals surface area (Å²) in [6.45, 7) is -0.268. The molecule has 1 fully saturated rings. The molecule has 3 N–H and O–H groups in total. The Labute approximate surface area is 187 Å². The summed E-state index contributed by atoms with van der Waals surface area (Å²) in [6, 6.07) is 6.28. The van der Waals surface area contributed by atoms with Gasteiger partial charge in [0.2, 0.25) is 5.91 Å². The van der Waals surface area contributed by atoms with Gasteiger partial charge in [-0.05, 0) is 30.0 Å². The Morgan fingerprint density at radius 1 is 1.32 bits per heavy atom. The van der Waals surface area contributed by atoms with Crippen molar-refractivity contribution < 1.29 is 23.4 Å². The van der Waals surface area contributed by atoms with Crippen molar-refractivity contribution >= 4 is 33.2 Å². The van der Waals surface area contributed by atoms with Gasteiger partial charge in [0.05, 0.1) is 35.1 Å². The Hall–Kier alpha value is -1.94. The van der Waals surface area contributed by atoms with Crippen LogP contribution in [0, 0.1) is 5.92 Å². The molecule has 1 aliphatic rings. The van der Waals surface area contributed by atoms with Gasteiger partial charge >= 0.3 is 0 Å². The quantitative estimate of drug-likeness (QED) is 0.519. The van der Waals surface area contributed by atoms with Crippen LogP contribution < -0.4 is 5.32 Å². The van der Waals surface area contributed by atoms with Gasteiger partial charge in [-0.2, -0.15) is 5.10 Å². The molecule has 0 radical (unpaired) electrons. The average Bonchev–Trinajstić information content (AvgIpc) is 3.36. The van der Waals surface area contributed by atoms with Crippen LogP contribution in [0.5, 0.6) is 0 Å². The van der Waals surface area contributed by atoms with Gasteiger partial charge in [0.25, 0.3) is 0 Å². The molecule has 10 heteroatoms. The highest BCUT2D eigenvalue weighted by molar-refractivity contribution is 7.90. The predicted octanol–water partition coefficient (Wildman–Crippen LogP) is 2.60. The number of rotatable bonds is 9. The number of aliphatic hydroxyl groups excluding tert-OH is 2. The molecule has 1 saturated carbocycles. The molecule has 1 heterocycles. The predicted molar refractivity (Wildman–Crippen MR) is 118 cm³/mol. The SMILES string of the molecule is CS(=O)(=O)c1ccc(C(CC2CCCC2)C(=O)Nc2ccn(C[C@H](O)CO)n2)cc1Cl. The van der Waals surface area contributed by atoms with Crippen LogP contribution in [-0.4, -0.2) is 53.3 Å². The molecule has 170 valence electrons. The van der Waals surface area contributed by atoms with Crippen LogP contribution in [0.2, 0.25) is 5.02 Å². The van der Waals surface area contributed by atoms with E-state index in [2.05, 4.69) is 10.4 Å². The van der Waals surface area contributed by atoms with Crippen LogP contribution in [-0.2, 0) is 21.2 Å². The number of hydrogen-bond acceptors (Lipinski definition) is 6. The minimum atomic E-state index is -3.46. The summed E-state index contributed by atoms with van der Waals surface area (Å²) in [5, 5.41) is 25.7. The number of sulfone groups is 1. The largest absolute Gasteiger partial charge is 0.394 e. The van der Waals surface area contributed by atoms with Gasteiger partial charge < -0.3 is 15.5 Å². The third-order valence-corrected chi connectivity index (χ3v) is 7.20. The number of halogens is 1. The number of amides is 1. The summed E-state index contributed by atoms with van der Waals surface area (Å²) >= 11 is 6.23. The molecule has 1 aromatic heterocycles. The fourth-order valence-corrected chi connectivity index (χ4v) is 5.36. The van der Waals surface area contributed by atoms with E-state index >= 15 is 0 Å². The Morgan fingerprint density at radius 2 is 2.03 bits per heavy atom. The Morgan fingerprint density at radius 3 is 2.65 bits per heavy atom. The summed E-state index contributed by atoms with van der Waals surface area (Å²) in [5.41, 5.74) is 0.664. The molecule has 2 atom stereocenters. The van der Waals surface area contributed by atoms with Crippen molar-refractivity contribution in [1.82, 2.24) is 9.78 Å². The fourth-order valence-electron chi connectivity index (χ4n) is 4.03. The Bertz CT molecular complexity index is 1020. The van der Waals surface area contributed by atoms with Crippen LogP contribution in [0.1, 0.15) is 43.6 Å². The van der Waals surface area contributed by atoms with Crippen molar-refractivity contribution in [3.63, 3.8) is 0 Å². The van der Waals surface area contributed by atoms with Gasteiger partial charge in [0.15, 0.2) is 15.7 Å². The number of benzene rings is 1. The van der Waals surface area contributed by atoms with Crippen LogP contribution in [0.4, 0.5) is 5.82 Å². The molecule has 0 saturated heterocycles. The van der Waals surface area contributed by atoms with Crippen LogP contribution in [0.15, 0.2) is 35.4 Å². The van der Waals surface area contributed by atoms with Crippen LogP contribution >= 0.6 is 11.6 Å². The number of hydrogen-bond donors (Lipinski definition) is 3. The normalized spacial score (nSPS) is 16.9. The number of carbonyl (C=O) groups excluding carboxylic acids is 1. The molecule has 3 rings (SSSR count). The number of carbonyl (C=O) groups is 1. The summed E-state index contributed by atoms with van der Waals surface area (Å²) < 4.78 is 25.2. The van der Waals surface area contributed by atoms with Crippen molar-refractivity contribution in [3.05, 3.63) is 41.0 Å². The molecule has 1 unspecified atom stereocenters. The molecule has 1 amide bonds. The van der Waals surface area contributed by atoms with E-state index in [1.165, 1.54) is 10.7 Å². The number of aliphatic hydroxyl groups is 2. The van der Waals surface area contributed by atoms with Crippen molar-refractivity contribution in [2.75, 3.05) is 18.2 Å². The minimum Gasteiger partial charge on any atom is -0.394 e. The molecule has 8 nitrogen and oxygen atoms in total. The monoisotopic (exact) mass is 469 g/mol. The summed E-state index contributed by atoms with van der Waals surface area (Å²) in [4.78, 5) is 13.2. The first kappa shape index (κ1) is 23.7. The highest BCUT2D eigenvalue weighted by Crippen LogP contribution is 2.36. The molecule has 31 heavy (non-hydrogen) atoms. The second kappa shape index (κ2) is 10.1. The Balaban J connectivity index is 1.81. The molecule has 2 aromatic rings. The van der Waals surface area contributed by atoms with Crippen molar-refractivity contribution in [2.24, 2.45) is 5.92 Å². The summed E-state index contributed by atoms with van der Waals surface area (Å²) in [6.07, 6.45) is 6.83. The zero-order valence-electron chi connectivity index (χ0n) is 17.4. The van der Waals surface area contributed by atoms with Crippen molar-refractivity contribution in [2.45, 2.75) is 55.6 Å². The lowest BCUT2D eigenvalue weighted by atomic mass is 9.87. The van der Waals surface area contributed by atoms with Gasteiger partial charge in [-0.15, -0.1) is 0 Å². The molecule has 0 spiro atoms. The second-order valence-electron chi connectivity index (χ2n) is 8.15. The lowest BCUT2D eigenvalue weighted by Crippen LogP contribution is -2.24. The first-order valence-electron chi connectivity index (χ1n) is 10.3. The summed E-state index contributed by atoms with van der Waals surface area (Å²) in [5.74, 6) is 0.0113. The number of aromatic nitrogens is 2. The topological polar surface area (TPSA) is 122 Å². The molecule has 1 aliphatic carbocycles. The molecular weight excluding hydrogens is 442 g/mol.